The van der Waals surface area contributed by atoms with Crippen molar-refractivity contribution in [1.29, 1.82) is 0 Å². The predicted octanol–water partition coefficient (Wildman–Crippen LogP) is 2.60. The Morgan fingerprint density at radius 1 is 1.56 bits per heavy atom. The zero-order chi connectivity index (χ0) is 13.1. The molecular weight excluding hydrogens is 318 g/mol. The number of hydrogen-bond donors (Lipinski definition) is 1. The van der Waals surface area contributed by atoms with Gasteiger partial charge in [0, 0.05) is 36.7 Å². The number of rotatable bonds is 2. The first-order valence-corrected chi connectivity index (χ1v) is 7.06. The van der Waals surface area contributed by atoms with Crippen molar-refractivity contribution < 1.29 is 4.79 Å². The fourth-order valence-electron chi connectivity index (χ4n) is 2.16. The summed E-state index contributed by atoms with van der Waals surface area (Å²) in [7, 11) is 0. The number of carbonyl (C=O) groups excluding carboxylic acids is 1. The fourth-order valence-corrected chi connectivity index (χ4v) is 2.91. The number of nitrogens with one attached hydrogen (secondary N) is 1. The maximum atomic E-state index is 11.0. The van der Waals surface area contributed by atoms with Crippen LogP contribution < -0.4 is 10.2 Å². The van der Waals surface area contributed by atoms with Gasteiger partial charge in [-0.2, -0.15) is 0 Å². The molecule has 2 rings (SSSR count). The van der Waals surface area contributed by atoms with Crippen LogP contribution in [0.3, 0.4) is 0 Å². The molecule has 2 heterocycles. The zero-order valence-corrected chi connectivity index (χ0v) is 12.5. The van der Waals surface area contributed by atoms with Gasteiger partial charge in [0.15, 0.2) is 0 Å². The average Bonchev–Trinajstić information content (AvgIpc) is 2.30. The van der Waals surface area contributed by atoms with Crippen LogP contribution in [0.5, 0.6) is 0 Å². The third kappa shape index (κ3) is 3.36. The van der Waals surface area contributed by atoms with E-state index in [4.69, 9.17) is 11.6 Å². The summed E-state index contributed by atoms with van der Waals surface area (Å²) >= 11 is 9.52. The molecule has 98 valence electrons. The molecule has 6 heteroatoms. The second-order valence-electron chi connectivity index (χ2n) is 4.42. The highest BCUT2D eigenvalue weighted by Crippen LogP contribution is 2.28. The molecule has 0 aliphatic carbocycles. The average molecular weight is 333 g/mol. The number of carbonyl (C=O) groups is 1. The number of nitrogens with zero attached hydrogens (tertiary/aromatic N) is 2. The van der Waals surface area contributed by atoms with Gasteiger partial charge in [0.05, 0.1) is 5.02 Å². The van der Waals surface area contributed by atoms with Crippen molar-refractivity contribution >= 4 is 39.3 Å². The monoisotopic (exact) mass is 331 g/mol. The Morgan fingerprint density at radius 3 is 2.78 bits per heavy atom. The summed E-state index contributed by atoms with van der Waals surface area (Å²) in [6.07, 6.45) is 3.60. The van der Waals surface area contributed by atoms with E-state index in [1.165, 1.54) is 0 Å². The lowest BCUT2D eigenvalue weighted by Crippen LogP contribution is -2.44. The van der Waals surface area contributed by atoms with Gasteiger partial charge in [-0.25, -0.2) is 4.98 Å². The van der Waals surface area contributed by atoms with Crippen LogP contribution in [0.4, 0.5) is 5.82 Å². The van der Waals surface area contributed by atoms with Crippen molar-refractivity contribution in [2.24, 2.45) is 0 Å². The molecular formula is C12H15BrClN3O. The quantitative estimate of drug-likeness (QED) is 0.905. The van der Waals surface area contributed by atoms with Gasteiger partial charge in [0.25, 0.3) is 0 Å². The van der Waals surface area contributed by atoms with Crippen LogP contribution >= 0.6 is 27.5 Å². The van der Waals surface area contributed by atoms with Crippen LogP contribution in [0.15, 0.2) is 16.7 Å². The Balaban J connectivity index is 1.99. The SMILES string of the molecule is CC(=O)NC1CCN(c2ncc(Br)cc2Cl)CC1. The van der Waals surface area contributed by atoms with Crippen LogP contribution in [-0.2, 0) is 4.79 Å². The van der Waals surface area contributed by atoms with Gasteiger partial charge in [0.2, 0.25) is 5.91 Å². The Kier molecular flexibility index (Phi) is 4.45. The Bertz CT molecular complexity index is 447. The summed E-state index contributed by atoms with van der Waals surface area (Å²) < 4.78 is 0.879. The van der Waals surface area contributed by atoms with Gasteiger partial charge in [-0.1, -0.05) is 11.6 Å². The first-order valence-electron chi connectivity index (χ1n) is 5.89. The van der Waals surface area contributed by atoms with Crippen molar-refractivity contribution in [1.82, 2.24) is 10.3 Å². The molecule has 1 aromatic rings. The number of halogens is 2. The van der Waals surface area contributed by atoms with Crippen LogP contribution in [0.1, 0.15) is 19.8 Å². The maximum Gasteiger partial charge on any atom is 0.217 e. The number of hydrogen-bond acceptors (Lipinski definition) is 3. The van der Waals surface area contributed by atoms with E-state index in [-0.39, 0.29) is 11.9 Å². The van der Waals surface area contributed by atoms with Gasteiger partial charge in [-0.15, -0.1) is 0 Å². The lowest BCUT2D eigenvalue weighted by Gasteiger charge is -2.33. The Labute approximate surface area is 120 Å². The van der Waals surface area contributed by atoms with Crippen molar-refractivity contribution in [3.8, 4) is 0 Å². The van der Waals surface area contributed by atoms with Crippen molar-refractivity contribution in [3.05, 3.63) is 21.8 Å². The molecule has 1 aliphatic heterocycles. The summed E-state index contributed by atoms with van der Waals surface area (Å²) in [5.41, 5.74) is 0. The highest BCUT2D eigenvalue weighted by Gasteiger charge is 2.22. The maximum absolute atomic E-state index is 11.0. The van der Waals surface area contributed by atoms with E-state index in [0.717, 1.165) is 36.2 Å². The van der Waals surface area contributed by atoms with Gasteiger partial charge in [0.1, 0.15) is 5.82 Å². The number of pyridine rings is 1. The lowest BCUT2D eigenvalue weighted by molar-refractivity contribution is -0.119. The molecule has 0 radical (unpaired) electrons. The molecule has 0 aromatic carbocycles. The number of amides is 1. The second kappa shape index (κ2) is 5.89. The van der Waals surface area contributed by atoms with Crippen molar-refractivity contribution in [2.45, 2.75) is 25.8 Å². The third-order valence-electron chi connectivity index (χ3n) is 2.99. The van der Waals surface area contributed by atoms with E-state index in [9.17, 15) is 4.79 Å². The molecule has 1 saturated heterocycles. The molecule has 18 heavy (non-hydrogen) atoms. The first-order chi connectivity index (χ1) is 8.56. The van der Waals surface area contributed by atoms with Gasteiger partial charge in [-0.05, 0) is 34.8 Å². The summed E-state index contributed by atoms with van der Waals surface area (Å²) in [6, 6.07) is 2.12. The van der Waals surface area contributed by atoms with E-state index < -0.39 is 0 Å². The minimum absolute atomic E-state index is 0.0354. The molecule has 1 aliphatic rings. The fraction of sp³-hybridized carbons (Fsp3) is 0.500. The molecule has 1 amide bonds. The smallest absolute Gasteiger partial charge is 0.217 e. The van der Waals surface area contributed by atoms with Crippen LogP contribution in [0.2, 0.25) is 5.02 Å². The third-order valence-corrected chi connectivity index (χ3v) is 3.70. The van der Waals surface area contributed by atoms with Crippen molar-refractivity contribution in [3.63, 3.8) is 0 Å². The van der Waals surface area contributed by atoms with E-state index >= 15 is 0 Å². The topological polar surface area (TPSA) is 45.2 Å². The largest absolute Gasteiger partial charge is 0.355 e. The highest BCUT2D eigenvalue weighted by molar-refractivity contribution is 9.10. The molecule has 0 saturated carbocycles. The summed E-state index contributed by atoms with van der Waals surface area (Å²) in [5.74, 6) is 0.856. The van der Waals surface area contributed by atoms with Crippen LogP contribution in [0, 0.1) is 0 Å². The van der Waals surface area contributed by atoms with Crippen molar-refractivity contribution in [2.75, 3.05) is 18.0 Å². The molecule has 0 spiro atoms. The van der Waals surface area contributed by atoms with E-state index in [1.54, 1.807) is 13.1 Å². The minimum atomic E-state index is 0.0354. The molecule has 1 fully saturated rings. The normalized spacial score (nSPS) is 16.7. The molecule has 1 aromatic heterocycles. The second-order valence-corrected chi connectivity index (χ2v) is 5.74. The molecule has 0 bridgehead atoms. The van der Waals surface area contributed by atoms with Gasteiger partial charge in [-0.3, -0.25) is 4.79 Å². The molecule has 4 nitrogen and oxygen atoms in total. The standard InChI is InChI=1S/C12H15BrClN3O/c1-8(18)16-10-2-4-17(5-3-10)12-11(14)6-9(13)7-15-12/h6-7,10H,2-5H2,1H3,(H,16,18). The summed E-state index contributed by atoms with van der Waals surface area (Å²) in [6.45, 7) is 3.28. The van der Waals surface area contributed by atoms with E-state index in [0.29, 0.717) is 5.02 Å². The number of anilines is 1. The predicted molar refractivity (Wildman–Crippen MR) is 76.0 cm³/mol. The Hall–Kier alpha value is -0.810. The zero-order valence-electron chi connectivity index (χ0n) is 10.1. The lowest BCUT2D eigenvalue weighted by atomic mass is 10.1. The minimum Gasteiger partial charge on any atom is -0.355 e. The summed E-state index contributed by atoms with van der Waals surface area (Å²) in [5, 5.41) is 3.61. The Morgan fingerprint density at radius 2 is 2.22 bits per heavy atom. The van der Waals surface area contributed by atoms with Crippen LogP contribution in [-0.4, -0.2) is 30.0 Å². The first kappa shape index (κ1) is 13.6. The van der Waals surface area contributed by atoms with Gasteiger partial charge < -0.3 is 10.2 Å². The number of aromatic nitrogens is 1. The van der Waals surface area contributed by atoms with E-state index in [2.05, 4.69) is 31.1 Å². The molecule has 0 atom stereocenters. The molecule has 1 N–H and O–H groups in total. The summed E-state index contributed by atoms with van der Waals surface area (Å²) in [4.78, 5) is 17.5. The molecule has 0 unspecified atom stereocenters. The van der Waals surface area contributed by atoms with Gasteiger partial charge >= 0.3 is 0 Å². The number of piperidine rings is 1. The highest BCUT2D eigenvalue weighted by atomic mass is 79.9. The van der Waals surface area contributed by atoms with Crippen LogP contribution in [0.25, 0.3) is 0 Å². The van der Waals surface area contributed by atoms with E-state index in [1.807, 2.05) is 6.07 Å².